The maximum absolute atomic E-state index is 14.1. The molecular weight excluding hydrogens is 660 g/mol. The van der Waals surface area contributed by atoms with Crippen LogP contribution in [0.2, 0.25) is 0 Å². The number of alkyl halides is 2. The monoisotopic (exact) mass is 685 g/mol. The summed E-state index contributed by atoms with van der Waals surface area (Å²) >= 11 is 0. The summed E-state index contributed by atoms with van der Waals surface area (Å²) in [6.07, 6.45) is 0.647. The van der Waals surface area contributed by atoms with E-state index in [9.17, 15) is 13.6 Å². The van der Waals surface area contributed by atoms with E-state index in [-0.39, 0.29) is 23.1 Å². The van der Waals surface area contributed by atoms with Crippen LogP contribution in [0.5, 0.6) is 11.5 Å². The maximum atomic E-state index is 14.1. The number of ether oxygens (including phenoxy) is 1. The van der Waals surface area contributed by atoms with E-state index in [1.165, 1.54) is 31.2 Å². The molecule has 32 heavy (non-hydrogen) atoms. The maximum Gasteiger partial charge on any atom is 0.294 e. The van der Waals surface area contributed by atoms with Crippen LogP contribution < -0.4 is 10.5 Å². The summed E-state index contributed by atoms with van der Waals surface area (Å²) in [6.45, 7) is 6.98. The quantitative estimate of drug-likeness (QED) is 0.274. The van der Waals surface area contributed by atoms with E-state index in [4.69, 9.17) is 10.5 Å². The first-order valence-electron chi connectivity index (χ1n) is 10.0. The van der Waals surface area contributed by atoms with Gasteiger partial charge < -0.3 is 20.6 Å². The van der Waals surface area contributed by atoms with Crippen molar-refractivity contribution in [3.05, 3.63) is 89.3 Å². The Morgan fingerprint density at radius 1 is 1.16 bits per heavy atom. The molecule has 0 unspecified atom stereocenters. The summed E-state index contributed by atoms with van der Waals surface area (Å²) in [4.78, 5) is 12.4. The second-order valence-electron chi connectivity index (χ2n) is 7.53. The van der Waals surface area contributed by atoms with Gasteiger partial charge in [-0.3, -0.25) is 0 Å². The molecule has 4 nitrogen and oxygen atoms in total. The van der Waals surface area contributed by atoms with Crippen LogP contribution in [-0.2, 0) is 5.92 Å². The largest absolute Gasteiger partial charge is 0.647 e. The fourth-order valence-electron chi connectivity index (χ4n) is 3.16. The average Bonchev–Trinajstić information content (AvgIpc) is 2.74. The molecule has 0 heterocycles. The van der Waals surface area contributed by atoms with Crippen molar-refractivity contribution in [2.75, 3.05) is 6.54 Å². The second kappa shape index (κ2) is 9.71. The van der Waals surface area contributed by atoms with Crippen molar-refractivity contribution in [2.24, 2.45) is 5.73 Å². The molecule has 3 aromatic rings. The third-order valence-corrected chi connectivity index (χ3v) is 4.99. The van der Waals surface area contributed by atoms with E-state index in [0.717, 1.165) is 10.8 Å². The molecular formula is C25H25F2LrN2O2-. The molecule has 0 saturated carbocycles. The Bertz CT molecular complexity index is 1100. The van der Waals surface area contributed by atoms with Crippen molar-refractivity contribution < 1.29 is 18.3 Å². The fraction of sp³-hybridized carbons (Fsp3) is 0.240. The zero-order valence-electron chi connectivity index (χ0n) is 17.8. The standard InChI is InChI=1S/C25H26F2N2O2.Lr/c1-16(2)25(26,27)20-8-10-21(11-9-20)31-23-6-4-5-18-15-19(7-12-22(18)23)24(30)29-17(3)13-14-28;/h4-12,15,17H,1,13-14,28H2,2-3H3,(H,29,30);/p-1/t17-;/m1./s1. The Hall–Kier alpha value is -4.25. The molecule has 0 saturated heterocycles. The molecule has 1 radical (unpaired) electrons. The molecule has 3 aromatic carbocycles. The molecule has 0 aliphatic carbocycles. The van der Waals surface area contributed by atoms with E-state index < -0.39 is 5.92 Å². The summed E-state index contributed by atoms with van der Waals surface area (Å²) < 4.78 is 34.1. The van der Waals surface area contributed by atoms with Crippen LogP contribution in [0.25, 0.3) is 16.1 Å². The van der Waals surface area contributed by atoms with Crippen LogP contribution in [0.15, 0.2) is 72.8 Å². The Kier molecular flexibility index (Phi) is 7.29. The molecule has 1 amide bonds. The number of hydrogen-bond acceptors (Lipinski definition) is 3. The minimum absolute atomic E-state index is 0. The van der Waals surface area contributed by atoms with E-state index in [0.29, 0.717) is 30.0 Å². The first kappa shape index (κ1) is 24.0. The van der Waals surface area contributed by atoms with Gasteiger partial charge in [-0.05, 0) is 72.5 Å². The molecule has 0 fully saturated rings. The number of nitrogens with zero attached hydrogens (tertiary/aromatic N) is 1. The molecule has 0 aromatic heterocycles. The van der Waals surface area contributed by atoms with Gasteiger partial charge in [0.05, 0.1) is 5.91 Å². The van der Waals surface area contributed by atoms with Crippen molar-refractivity contribution >= 4 is 16.7 Å². The van der Waals surface area contributed by atoms with Gasteiger partial charge >= 0.3 is 0 Å². The normalized spacial score (nSPS) is 12.0. The number of benzene rings is 3. The molecule has 177 valence electrons. The van der Waals surface area contributed by atoms with E-state index in [1.807, 2.05) is 19.1 Å². The average molecular weight is 685 g/mol. The third kappa shape index (κ3) is 5.08. The van der Waals surface area contributed by atoms with Crippen LogP contribution in [0.3, 0.4) is 0 Å². The molecule has 0 aliphatic rings. The number of allylic oxidation sites excluding steroid dienone is 1. The molecule has 7 heteroatoms. The Morgan fingerprint density at radius 3 is 2.47 bits per heavy atom. The van der Waals surface area contributed by atoms with Gasteiger partial charge in [-0.15, -0.1) is 6.04 Å². The van der Waals surface area contributed by atoms with E-state index in [2.05, 4.69) is 11.9 Å². The van der Waals surface area contributed by atoms with Gasteiger partial charge in [0, 0.05) is 10.9 Å². The van der Waals surface area contributed by atoms with Crippen molar-refractivity contribution in [3.63, 3.8) is 0 Å². The number of halogens is 2. The van der Waals surface area contributed by atoms with Gasteiger partial charge in [0.25, 0.3) is 5.92 Å². The van der Waals surface area contributed by atoms with Crippen molar-refractivity contribution in [1.82, 2.24) is 0 Å². The summed E-state index contributed by atoms with van der Waals surface area (Å²) in [5.74, 6) is -2.39. The van der Waals surface area contributed by atoms with Gasteiger partial charge in [0.2, 0.25) is 0 Å². The molecule has 3 rings (SSSR count). The number of carbonyl (C=O) groups excluding carboxylic acids is 1. The molecule has 0 spiro atoms. The van der Waals surface area contributed by atoms with E-state index in [1.54, 1.807) is 24.3 Å². The molecule has 0 aliphatic heterocycles. The minimum atomic E-state index is -3.09. The van der Waals surface area contributed by atoms with Crippen LogP contribution >= 0.6 is 0 Å². The number of fused-ring (bicyclic) bond motifs is 1. The predicted molar refractivity (Wildman–Crippen MR) is 120 cm³/mol. The van der Waals surface area contributed by atoms with Gasteiger partial charge in [0.1, 0.15) is 11.5 Å². The number of nitrogens with two attached hydrogens (primary N) is 1. The summed E-state index contributed by atoms with van der Waals surface area (Å²) in [5.41, 5.74) is 5.64. The molecule has 1 atom stereocenters. The van der Waals surface area contributed by atoms with Gasteiger partial charge in [0.15, 0.2) is 0 Å². The fourth-order valence-corrected chi connectivity index (χ4v) is 3.16. The topological polar surface area (TPSA) is 66.4 Å². The minimum Gasteiger partial charge on any atom is -0.647 e. The first-order chi connectivity index (χ1) is 14.7. The number of amides is 1. The van der Waals surface area contributed by atoms with Crippen molar-refractivity contribution in [2.45, 2.75) is 32.2 Å². The number of rotatable bonds is 8. The van der Waals surface area contributed by atoms with Crippen LogP contribution in [0, 0.1) is 0 Å². The zero-order chi connectivity index (χ0) is 22.6. The molecule has 2 N–H and O–H groups in total. The SMILES string of the molecule is C=C(C)C(F)(F)c1ccc(Oc2cccc3cc(C(=O)[N-][C@H](C)CCN)ccc23)cc1.[Lr]. The summed E-state index contributed by atoms with van der Waals surface area (Å²) in [6, 6.07) is 16.3. The van der Waals surface area contributed by atoms with Crippen LogP contribution in [0.1, 0.15) is 36.2 Å². The van der Waals surface area contributed by atoms with Crippen LogP contribution in [-0.4, -0.2) is 18.5 Å². The summed E-state index contributed by atoms with van der Waals surface area (Å²) in [7, 11) is 0. The van der Waals surface area contributed by atoms with Gasteiger partial charge in [-0.2, -0.15) is 8.78 Å². The number of carbonyl (C=O) groups is 1. The summed E-state index contributed by atoms with van der Waals surface area (Å²) in [5, 5.41) is 5.77. The van der Waals surface area contributed by atoms with E-state index >= 15 is 0 Å². The Morgan fingerprint density at radius 2 is 1.84 bits per heavy atom. The Balaban J connectivity index is 0.00000363. The first-order valence-corrected chi connectivity index (χ1v) is 10.0. The number of hydrogen-bond donors (Lipinski definition) is 1. The van der Waals surface area contributed by atoms with Crippen molar-refractivity contribution in [3.8, 4) is 11.5 Å². The Labute approximate surface area is 180 Å². The van der Waals surface area contributed by atoms with Gasteiger partial charge in [-0.25, -0.2) is 0 Å². The third-order valence-electron chi connectivity index (χ3n) is 4.99. The second-order valence-corrected chi connectivity index (χ2v) is 7.53. The van der Waals surface area contributed by atoms with Crippen LogP contribution in [0.4, 0.5) is 8.78 Å². The zero-order valence-corrected chi connectivity index (χ0v) is 20.0. The predicted octanol–water partition coefficient (Wildman–Crippen LogP) is 6.55. The molecule has 0 bridgehead atoms. The van der Waals surface area contributed by atoms with Crippen molar-refractivity contribution in [1.29, 1.82) is 0 Å². The van der Waals surface area contributed by atoms with Gasteiger partial charge in [-0.1, -0.05) is 38.1 Å². The smallest absolute Gasteiger partial charge is 0.294 e.